The van der Waals surface area contributed by atoms with Crippen LogP contribution < -0.4 is 14.8 Å². The Morgan fingerprint density at radius 1 is 1.16 bits per heavy atom. The number of carbonyl (C=O) groups excluding carboxylic acids is 1. The molecule has 1 aliphatic carbocycles. The maximum absolute atomic E-state index is 13.1. The van der Waals surface area contributed by atoms with Crippen LogP contribution >= 0.6 is 11.3 Å². The number of nitrogens with zero attached hydrogens (tertiary/aromatic N) is 2. The van der Waals surface area contributed by atoms with Gasteiger partial charge in [0.1, 0.15) is 10.8 Å². The van der Waals surface area contributed by atoms with Crippen LogP contribution in [0.4, 0.5) is 18.3 Å². The molecule has 1 heterocycles. The van der Waals surface area contributed by atoms with Gasteiger partial charge in [0.25, 0.3) is 15.9 Å². The summed E-state index contributed by atoms with van der Waals surface area (Å²) in [5.41, 5.74) is 0.836. The Bertz CT molecular complexity index is 1440. The number of halogens is 3. The highest BCUT2D eigenvalue weighted by atomic mass is 32.2. The minimum atomic E-state index is -4.56. The van der Waals surface area contributed by atoms with Gasteiger partial charge in [-0.3, -0.25) is 9.52 Å². The largest absolute Gasteiger partial charge is 0.493 e. The second-order valence-corrected chi connectivity index (χ2v) is 11.9. The fraction of sp³-hybridized carbons (Fsp3) is 0.400. The number of ether oxygens (including phenoxy) is 1. The molecule has 1 aliphatic rings. The predicted molar refractivity (Wildman–Crippen MR) is 137 cm³/mol. The van der Waals surface area contributed by atoms with Crippen LogP contribution in [-0.4, -0.2) is 37.2 Å². The molecule has 0 bridgehead atoms. The number of aryl methyl sites for hydroxylation is 1. The van der Waals surface area contributed by atoms with Gasteiger partial charge in [0.05, 0.1) is 22.6 Å². The maximum Gasteiger partial charge on any atom is 0.416 e. The lowest BCUT2D eigenvalue weighted by molar-refractivity contribution is -0.137. The second kappa shape index (κ2) is 10.9. The van der Waals surface area contributed by atoms with Crippen LogP contribution in [0.15, 0.2) is 41.3 Å². The lowest BCUT2D eigenvalue weighted by Crippen LogP contribution is -2.39. The molecular formula is C25H27F3N4O4S2. The average molecular weight is 569 g/mol. The Morgan fingerprint density at radius 3 is 2.58 bits per heavy atom. The van der Waals surface area contributed by atoms with Gasteiger partial charge in [-0.25, -0.2) is 8.42 Å². The van der Waals surface area contributed by atoms with Crippen LogP contribution in [0.3, 0.4) is 0 Å². The van der Waals surface area contributed by atoms with Gasteiger partial charge in [0.15, 0.2) is 0 Å². The summed E-state index contributed by atoms with van der Waals surface area (Å²) in [4.78, 5) is 13.0. The van der Waals surface area contributed by atoms with Gasteiger partial charge in [-0.1, -0.05) is 31.3 Å². The summed E-state index contributed by atoms with van der Waals surface area (Å²) < 4.78 is 73.1. The summed E-state index contributed by atoms with van der Waals surface area (Å²) in [6, 6.07) is 7.29. The first-order chi connectivity index (χ1) is 17.9. The molecule has 0 saturated carbocycles. The first-order valence-electron chi connectivity index (χ1n) is 12.0. The van der Waals surface area contributed by atoms with Crippen molar-refractivity contribution in [1.82, 2.24) is 15.5 Å². The van der Waals surface area contributed by atoms with Crippen molar-refractivity contribution in [2.45, 2.75) is 63.1 Å². The molecule has 38 heavy (non-hydrogen) atoms. The highest BCUT2D eigenvalue weighted by molar-refractivity contribution is 7.93. The van der Waals surface area contributed by atoms with Crippen molar-refractivity contribution < 1.29 is 31.1 Å². The number of aromatic nitrogens is 2. The Hall–Kier alpha value is -3.19. The number of hydrogen-bond acceptors (Lipinski definition) is 7. The normalized spacial score (nSPS) is 15.7. The average Bonchev–Trinajstić information content (AvgIpc) is 3.31. The molecule has 0 saturated heterocycles. The summed E-state index contributed by atoms with van der Waals surface area (Å²) in [6.45, 7) is 5.59. The molecule has 1 amide bonds. The van der Waals surface area contributed by atoms with Crippen molar-refractivity contribution in [3.63, 3.8) is 0 Å². The van der Waals surface area contributed by atoms with Crippen molar-refractivity contribution in [1.29, 1.82) is 0 Å². The summed E-state index contributed by atoms with van der Waals surface area (Å²) in [5, 5.41) is 11.7. The lowest BCUT2D eigenvalue weighted by atomic mass is 9.88. The zero-order valence-corrected chi connectivity index (χ0v) is 22.6. The molecule has 204 valence electrons. The van der Waals surface area contributed by atoms with E-state index in [1.807, 2.05) is 13.8 Å². The van der Waals surface area contributed by atoms with Crippen LogP contribution in [0, 0.1) is 0 Å². The highest BCUT2D eigenvalue weighted by Crippen LogP contribution is 2.34. The van der Waals surface area contributed by atoms with Crippen LogP contribution in [0.25, 0.3) is 0 Å². The summed E-state index contributed by atoms with van der Waals surface area (Å²) in [6.07, 6.45) is -3.00. The number of carbonyl (C=O) groups is 1. The maximum atomic E-state index is 13.1. The number of benzene rings is 2. The molecule has 0 fully saturated rings. The molecule has 8 nitrogen and oxygen atoms in total. The first-order valence-corrected chi connectivity index (χ1v) is 14.3. The number of sulfonamides is 1. The fourth-order valence-electron chi connectivity index (χ4n) is 4.13. The van der Waals surface area contributed by atoms with Gasteiger partial charge < -0.3 is 10.1 Å². The third-order valence-corrected chi connectivity index (χ3v) is 8.67. The van der Waals surface area contributed by atoms with Gasteiger partial charge in [0, 0.05) is 12.0 Å². The van der Waals surface area contributed by atoms with Crippen LogP contribution in [0.1, 0.15) is 65.2 Å². The van der Waals surface area contributed by atoms with E-state index in [0.29, 0.717) is 24.3 Å². The molecule has 3 aromatic rings. The Kier molecular flexibility index (Phi) is 7.98. The topological polar surface area (TPSA) is 110 Å². The molecule has 2 aromatic carbocycles. The second-order valence-electron chi connectivity index (χ2n) is 9.19. The van der Waals surface area contributed by atoms with Crippen molar-refractivity contribution in [3.05, 3.63) is 63.7 Å². The van der Waals surface area contributed by atoms with Gasteiger partial charge in [-0.15, -0.1) is 10.2 Å². The van der Waals surface area contributed by atoms with E-state index in [1.54, 1.807) is 19.1 Å². The first kappa shape index (κ1) is 27.8. The zero-order chi connectivity index (χ0) is 27.7. The molecule has 1 aromatic heterocycles. The van der Waals surface area contributed by atoms with E-state index < -0.39 is 27.7 Å². The monoisotopic (exact) mass is 568 g/mol. The quantitative estimate of drug-likeness (QED) is 0.388. The van der Waals surface area contributed by atoms with Gasteiger partial charge in [-0.05, 0) is 67.6 Å². The van der Waals surface area contributed by atoms with Crippen molar-refractivity contribution in [2.24, 2.45) is 0 Å². The number of amides is 1. The van der Waals surface area contributed by atoms with E-state index >= 15 is 0 Å². The molecule has 0 aliphatic heterocycles. The number of anilines is 1. The molecule has 1 unspecified atom stereocenters. The summed E-state index contributed by atoms with van der Waals surface area (Å²) in [7, 11) is -3.91. The SMILES string of the molecule is CCOc1cc(C(F)(F)F)ccc1C(=O)NC1CCc2ccc(S(=O)(=O)Nc3nnc(C(C)C)s3)cc2C1. The number of rotatable bonds is 8. The Labute approximate surface area is 222 Å². The smallest absolute Gasteiger partial charge is 0.416 e. The van der Waals surface area contributed by atoms with Gasteiger partial charge >= 0.3 is 6.18 Å². The van der Waals surface area contributed by atoms with E-state index in [2.05, 4.69) is 20.2 Å². The summed E-state index contributed by atoms with van der Waals surface area (Å²) in [5.74, 6) is -0.583. The fourth-order valence-corrected chi connectivity index (χ4v) is 6.16. The highest BCUT2D eigenvalue weighted by Gasteiger charge is 2.32. The zero-order valence-electron chi connectivity index (χ0n) is 20.9. The predicted octanol–water partition coefficient (Wildman–Crippen LogP) is 5.17. The summed E-state index contributed by atoms with van der Waals surface area (Å²) >= 11 is 1.17. The van der Waals surface area contributed by atoms with Crippen LogP contribution in [0.5, 0.6) is 5.75 Å². The number of hydrogen-bond donors (Lipinski definition) is 2. The van der Waals surface area contributed by atoms with E-state index in [-0.39, 0.29) is 39.9 Å². The van der Waals surface area contributed by atoms with Gasteiger partial charge in [-0.2, -0.15) is 13.2 Å². The molecule has 4 rings (SSSR count). The number of fused-ring (bicyclic) bond motifs is 1. The molecule has 0 spiro atoms. The molecule has 2 N–H and O–H groups in total. The number of alkyl halides is 3. The van der Waals surface area contributed by atoms with E-state index in [9.17, 15) is 26.4 Å². The van der Waals surface area contributed by atoms with E-state index in [4.69, 9.17) is 4.74 Å². The minimum Gasteiger partial charge on any atom is -0.493 e. The molecule has 1 atom stereocenters. The standard InChI is InChI=1S/C25H27F3N4O4S2/c1-4-36-21-13-17(25(26,27)28)7-10-20(21)22(33)29-18-8-5-15-6-9-19(12-16(15)11-18)38(34,35)32-24-31-30-23(37-24)14(2)3/h6-7,9-10,12-14,18H,4-5,8,11H2,1-3H3,(H,29,33)(H,31,32). The van der Waals surface area contributed by atoms with Crippen molar-refractivity contribution in [2.75, 3.05) is 11.3 Å². The van der Waals surface area contributed by atoms with E-state index in [0.717, 1.165) is 29.3 Å². The molecular weight excluding hydrogens is 541 g/mol. The molecule has 0 radical (unpaired) electrons. The van der Waals surface area contributed by atoms with Crippen molar-refractivity contribution >= 4 is 32.4 Å². The Balaban J connectivity index is 1.49. The minimum absolute atomic E-state index is 0.00370. The molecule has 13 heteroatoms. The van der Waals surface area contributed by atoms with Crippen LogP contribution in [0.2, 0.25) is 0 Å². The third kappa shape index (κ3) is 6.26. The van der Waals surface area contributed by atoms with E-state index in [1.165, 1.54) is 17.4 Å². The Morgan fingerprint density at radius 2 is 1.92 bits per heavy atom. The van der Waals surface area contributed by atoms with Crippen LogP contribution in [-0.2, 0) is 29.0 Å². The number of nitrogens with one attached hydrogen (secondary N) is 2. The van der Waals surface area contributed by atoms with Crippen molar-refractivity contribution in [3.8, 4) is 5.75 Å². The van der Waals surface area contributed by atoms with Gasteiger partial charge in [0.2, 0.25) is 5.13 Å². The lowest BCUT2D eigenvalue weighted by Gasteiger charge is -2.26. The third-order valence-electron chi connectivity index (χ3n) is 6.06.